The van der Waals surface area contributed by atoms with Crippen LogP contribution < -0.4 is 5.32 Å². The molecule has 2 unspecified atom stereocenters. The van der Waals surface area contributed by atoms with Crippen LogP contribution in [-0.4, -0.2) is 21.4 Å². The summed E-state index contributed by atoms with van der Waals surface area (Å²) >= 11 is 0. The normalized spacial score (nSPS) is 19.2. The molecule has 1 fully saturated rings. The lowest BCUT2D eigenvalue weighted by molar-refractivity contribution is 0.0903. The fourth-order valence-corrected chi connectivity index (χ4v) is 2.83. The van der Waals surface area contributed by atoms with Crippen LogP contribution in [0.5, 0.6) is 0 Å². The average Bonchev–Trinajstić information content (AvgIpc) is 3.19. The molecule has 0 amide bonds. The van der Waals surface area contributed by atoms with Crippen molar-refractivity contribution >= 4 is 0 Å². The molecule has 0 bridgehead atoms. The highest BCUT2D eigenvalue weighted by Gasteiger charge is 2.49. The highest BCUT2D eigenvalue weighted by atomic mass is 16.3. The van der Waals surface area contributed by atoms with Crippen molar-refractivity contribution in [1.29, 1.82) is 0 Å². The van der Waals surface area contributed by atoms with Gasteiger partial charge in [-0.05, 0) is 25.3 Å². The molecular formula is C17H23N3O. The van der Waals surface area contributed by atoms with E-state index in [-0.39, 0.29) is 17.6 Å². The van der Waals surface area contributed by atoms with E-state index in [1.165, 1.54) is 5.56 Å². The minimum absolute atomic E-state index is 0.00216. The van der Waals surface area contributed by atoms with E-state index in [9.17, 15) is 5.11 Å². The lowest BCUT2D eigenvalue weighted by Gasteiger charge is -2.25. The van der Waals surface area contributed by atoms with Gasteiger partial charge in [-0.25, -0.2) is 0 Å². The summed E-state index contributed by atoms with van der Waals surface area (Å²) in [4.78, 5) is 0. The van der Waals surface area contributed by atoms with E-state index in [1.807, 2.05) is 54.5 Å². The maximum absolute atomic E-state index is 10.6. The maximum Gasteiger partial charge on any atom is 0.0858 e. The fourth-order valence-electron chi connectivity index (χ4n) is 2.83. The highest BCUT2D eigenvalue weighted by molar-refractivity contribution is 5.22. The van der Waals surface area contributed by atoms with E-state index in [2.05, 4.69) is 17.3 Å². The van der Waals surface area contributed by atoms with Crippen LogP contribution in [0.2, 0.25) is 0 Å². The number of nitrogens with one attached hydrogen (secondary N) is 1. The van der Waals surface area contributed by atoms with Crippen LogP contribution in [0.3, 0.4) is 0 Å². The molecular weight excluding hydrogens is 262 g/mol. The van der Waals surface area contributed by atoms with Gasteiger partial charge in [-0.1, -0.05) is 30.3 Å². The zero-order chi connectivity index (χ0) is 14.9. The van der Waals surface area contributed by atoms with Crippen molar-refractivity contribution in [3.05, 3.63) is 53.9 Å². The van der Waals surface area contributed by atoms with Gasteiger partial charge in [0, 0.05) is 36.8 Å². The number of aliphatic hydroxyl groups is 1. The molecule has 1 aliphatic rings. The predicted molar refractivity (Wildman–Crippen MR) is 82.7 cm³/mol. The Hall–Kier alpha value is -1.65. The van der Waals surface area contributed by atoms with E-state index in [1.54, 1.807) is 0 Å². The molecule has 0 spiro atoms. The van der Waals surface area contributed by atoms with E-state index < -0.39 is 0 Å². The predicted octanol–water partition coefficient (Wildman–Crippen LogP) is 2.58. The Morgan fingerprint density at radius 3 is 2.57 bits per heavy atom. The molecule has 2 N–H and O–H groups in total. The van der Waals surface area contributed by atoms with Gasteiger partial charge < -0.3 is 10.4 Å². The average molecular weight is 285 g/mol. The van der Waals surface area contributed by atoms with Gasteiger partial charge in [0.15, 0.2) is 0 Å². The second-order valence-electron chi connectivity index (χ2n) is 6.23. The lowest BCUT2D eigenvalue weighted by atomic mass is 9.92. The molecule has 0 radical (unpaired) electrons. The highest BCUT2D eigenvalue weighted by Crippen LogP contribution is 2.54. The van der Waals surface area contributed by atoms with Gasteiger partial charge in [-0.15, -0.1) is 0 Å². The zero-order valence-electron chi connectivity index (χ0n) is 12.7. The Morgan fingerprint density at radius 1 is 1.29 bits per heavy atom. The van der Waals surface area contributed by atoms with Crippen LogP contribution in [0.25, 0.3) is 0 Å². The smallest absolute Gasteiger partial charge is 0.0858 e. The Morgan fingerprint density at radius 2 is 2.00 bits per heavy atom. The molecule has 3 rings (SSSR count). The third-order valence-corrected chi connectivity index (χ3v) is 4.57. The lowest BCUT2D eigenvalue weighted by Crippen LogP contribution is -2.30. The summed E-state index contributed by atoms with van der Waals surface area (Å²) in [6.07, 6.45) is 5.70. The molecule has 4 heteroatoms. The number of aryl methyl sites for hydroxylation is 1. The Balaban J connectivity index is 1.62. The fraction of sp³-hybridized carbons (Fsp3) is 0.471. The van der Waals surface area contributed by atoms with E-state index >= 15 is 0 Å². The number of aromatic nitrogens is 2. The van der Waals surface area contributed by atoms with Crippen molar-refractivity contribution in [2.45, 2.75) is 31.9 Å². The summed E-state index contributed by atoms with van der Waals surface area (Å²) in [7, 11) is 1.93. The molecule has 112 valence electrons. The zero-order valence-corrected chi connectivity index (χ0v) is 12.7. The number of hydrogen-bond donors (Lipinski definition) is 2. The minimum Gasteiger partial charge on any atom is -0.388 e. The SMILES string of the molecule is CC(NCC1(C(O)c2ccccc2)CC1)c1cnn(C)c1. The van der Waals surface area contributed by atoms with Gasteiger partial charge in [0.05, 0.1) is 12.3 Å². The Bertz CT molecular complexity index is 589. The minimum atomic E-state index is -0.382. The number of hydrogen-bond acceptors (Lipinski definition) is 3. The largest absolute Gasteiger partial charge is 0.388 e. The summed E-state index contributed by atoms with van der Waals surface area (Å²) in [5.41, 5.74) is 2.20. The van der Waals surface area contributed by atoms with Gasteiger partial charge in [0.2, 0.25) is 0 Å². The van der Waals surface area contributed by atoms with Gasteiger partial charge >= 0.3 is 0 Å². The standard InChI is InChI=1S/C17H23N3O/c1-13(15-10-19-20(2)11-15)18-12-17(8-9-17)16(21)14-6-4-3-5-7-14/h3-7,10-11,13,16,18,21H,8-9,12H2,1-2H3. The molecule has 1 aliphatic carbocycles. The summed E-state index contributed by atoms with van der Waals surface area (Å²) < 4.78 is 1.82. The first-order valence-corrected chi connectivity index (χ1v) is 7.56. The van der Waals surface area contributed by atoms with Crippen LogP contribution in [-0.2, 0) is 7.05 Å². The Kier molecular flexibility index (Phi) is 3.83. The maximum atomic E-state index is 10.6. The second-order valence-corrected chi connectivity index (χ2v) is 6.23. The van der Waals surface area contributed by atoms with Gasteiger partial charge in [0.25, 0.3) is 0 Å². The molecule has 1 aromatic heterocycles. The first-order valence-electron chi connectivity index (χ1n) is 7.56. The first kappa shape index (κ1) is 14.3. The van der Waals surface area contributed by atoms with Crippen molar-refractivity contribution in [1.82, 2.24) is 15.1 Å². The van der Waals surface area contributed by atoms with E-state index in [0.717, 1.165) is 24.9 Å². The van der Waals surface area contributed by atoms with Crippen molar-refractivity contribution < 1.29 is 5.11 Å². The number of nitrogens with zero attached hydrogens (tertiary/aromatic N) is 2. The van der Waals surface area contributed by atoms with Gasteiger partial charge in [-0.2, -0.15) is 5.10 Å². The monoisotopic (exact) mass is 285 g/mol. The molecule has 1 aromatic carbocycles. The molecule has 1 saturated carbocycles. The van der Waals surface area contributed by atoms with Crippen molar-refractivity contribution in [2.24, 2.45) is 12.5 Å². The summed E-state index contributed by atoms with van der Waals surface area (Å²) in [5.74, 6) is 0. The molecule has 21 heavy (non-hydrogen) atoms. The third kappa shape index (κ3) is 3.01. The summed E-state index contributed by atoms with van der Waals surface area (Å²) in [6, 6.07) is 10.2. The quantitative estimate of drug-likeness (QED) is 0.857. The van der Waals surface area contributed by atoms with Gasteiger partial charge in [0.1, 0.15) is 0 Å². The molecule has 1 heterocycles. The second kappa shape index (κ2) is 5.62. The van der Waals surface area contributed by atoms with E-state index in [4.69, 9.17) is 0 Å². The molecule has 2 atom stereocenters. The number of rotatable bonds is 6. The van der Waals surface area contributed by atoms with Crippen molar-refractivity contribution in [2.75, 3.05) is 6.54 Å². The molecule has 4 nitrogen and oxygen atoms in total. The van der Waals surface area contributed by atoms with Crippen LogP contribution in [0.1, 0.15) is 43.0 Å². The summed E-state index contributed by atoms with van der Waals surface area (Å²) in [5, 5.41) is 18.4. The Labute approximate surface area is 125 Å². The number of aliphatic hydroxyl groups excluding tert-OH is 1. The van der Waals surface area contributed by atoms with Crippen molar-refractivity contribution in [3.63, 3.8) is 0 Å². The van der Waals surface area contributed by atoms with Crippen LogP contribution in [0.15, 0.2) is 42.7 Å². The van der Waals surface area contributed by atoms with Crippen LogP contribution >= 0.6 is 0 Å². The molecule has 0 aliphatic heterocycles. The van der Waals surface area contributed by atoms with E-state index in [0.29, 0.717) is 0 Å². The third-order valence-electron chi connectivity index (χ3n) is 4.57. The molecule has 0 saturated heterocycles. The van der Waals surface area contributed by atoms with Crippen molar-refractivity contribution in [3.8, 4) is 0 Å². The first-order chi connectivity index (χ1) is 10.1. The number of benzene rings is 1. The van der Waals surface area contributed by atoms with Crippen LogP contribution in [0, 0.1) is 5.41 Å². The molecule has 2 aromatic rings. The summed E-state index contributed by atoms with van der Waals surface area (Å²) in [6.45, 7) is 2.97. The van der Waals surface area contributed by atoms with Crippen LogP contribution in [0.4, 0.5) is 0 Å². The van der Waals surface area contributed by atoms with Gasteiger partial charge in [-0.3, -0.25) is 4.68 Å². The topological polar surface area (TPSA) is 50.1 Å².